The molecular weight excluding hydrogens is 278 g/mol. The van der Waals surface area contributed by atoms with Gasteiger partial charge in [-0.2, -0.15) is 0 Å². The molecular formula is C14H19NO4S. The summed E-state index contributed by atoms with van der Waals surface area (Å²) in [6.07, 6.45) is 0.827. The highest BCUT2D eigenvalue weighted by atomic mass is 32.1. The van der Waals surface area contributed by atoms with E-state index in [4.69, 9.17) is 9.84 Å². The number of rotatable bonds is 4. The predicted molar refractivity (Wildman–Crippen MR) is 76.3 cm³/mol. The molecule has 1 aromatic rings. The Hall–Kier alpha value is -1.40. The molecule has 0 saturated carbocycles. The number of aryl methyl sites for hydroxylation is 2. The minimum Gasteiger partial charge on any atom is -0.481 e. The fraction of sp³-hybridized carbons (Fsp3) is 0.571. The molecule has 0 bridgehead atoms. The normalized spacial score (nSPS) is 19.1. The zero-order valence-corrected chi connectivity index (χ0v) is 12.5. The first kappa shape index (κ1) is 15.0. The molecule has 5 nitrogen and oxygen atoms in total. The molecule has 1 aliphatic rings. The lowest BCUT2D eigenvalue weighted by atomic mass is 10.1. The van der Waals surface area contributed by atoms with Crippen LogP contribution in [-0.4, -0.2) is 47.7 Å². The maximum absolute atomic E-state index is 12.6. The summed E-state index contributed by atoms with van der Waals surface area (Å²) in [5.74, 6) is -0.984. The fourth-order valence-electron chi connectivity index (χ4n) is 2.41. The number of carbonyl (C=O) groups is 2. The number of hydrogen-bond acceptors (Lipinski definition) is 4. The van der Waals surface area contributed by atoms with Crippen LogP contribution in [0.3, 0.4) is 0 Å². The first-order chi connectivity index (χ1) is 9.52. The third-order valence-corrected chi connectivity index (χ3v) is 4.59. The van der Waals surface area contributed by atoms with Gasteiger partial charge in [0.1, 0.15) is 0 Å². The van der Waals surface area contributed by atoms with Crippen molar-refractivity contribution in [3.63, 3.8) is 0 Å². The van der Waals surface area contributed by atoms with Crippen molar-refractivity contribution >= 4 is 23.2 Å². The highest BCUT2D eigenvalue weighted by molar-refractivity contribution is 7.14. The third kappa shape index (κ3) is 3.19. The average Bonchev–Trinajstić information content (AvgIpc) is 2.79. The van der Waals surface area contributed by atoms with Crippen LogP contribution >= 0.6 is 11.3 Å². The van der Waals surface area contributed by atoms with Crippen molar-refractivity contribution in [2.24, 2.45) is 0 Å². The lowest BCUT2D eigenvalue weighted by Gasteiger charge is -2.34. The molecule has 0 aromatic carbocycles. The van der Waals surface area contributed by atoms with Crippen LogP contribution in [0.5, 0.6) is 0 Å². The van der Waals surface area contributed by atoms with Crippen molar-refractivity contribution < 1.29 is 19.4 Å². The SMILES string of the molecule is CCc1cc(C(=O)N2CCOCC2CC(=O)O)sc1C. The summed E-state index contributed by atoms with van der Waals surface area (Å²) in [5.41, 5.74) is 1.18. The first-order valence-electron chi connectivity index (χ1n) is 6.72. The van der Waals surface area contributed by atoms with E-state index in [1.165, 1.54) is 16.9 Å². The number of amides is 1. The minimum absolute atomic E-state index is 0.0727. The molecule has 1 aliphatic heterocycles. The van der Waals surface area contributed by atoms with Crippen LogP contribution in [0.25, 0.3) is 0 Å². The Morgan fingerprint density at radius 3 is 2.90 bits per heavy atom. The molecule has 110 valence electrons. The Bertz CT molecular complexity index is 511. The van der Waals surface area contributed by atoms with E-state index in [2.05, 4.69) is 6.92 Å². The van der Waals surface area contributed by atoms with Gasteiger partial charge in [-0.1, -0.05) is 6.92 Å². The number of ether oxygens (including phenoxy) is 1. The van der Waals surface area contributed by atoms with Crippen LogP contribution in [0.4, 0.5) is 0 Å². The van der Waals surface area contributed by atoms with Gasteiger partial charge in [-0.25, -0.2) is 0 Å². The van der Waals surface area contributed by atoms with E-state index in [0.717, 1.165) is 11.3 Å². The van der Waals surface area contributed by atoms with Gasteiger partial charge in [-0.3, -0.25) is 9.59 Å². The van der Waals surface area contributed by atoms with Crippen LogP contribution in [0, 0.1) is 6.92 Å². The molecule has 1 amide bonds. The van der Waals surface area contributed by atoms with E-state index < -0.39 is 5.97 Å². The maximum atomic E-state index is 12.6. The Balaban J connectivity index is 2.18. The summed E-state index contributed by atoms with van der Waals surface area (Å²) < 4.78 is 5.30. The summed E-state index contributed by atoms with van der Waals surface area (Å²) in [6.45, 7) is 5.28. The monoisotopic (exact) mass is 297 g/mol. The number of aliphatic carboxylic acids is 1. The summed E-state index contributed by atoms with van der Waals surface area (Å²) >= 11 is 1.48. The van der Waals surface area contributed by atoms with Gasteiger partial charge in [0.15, 0.2) is 0 Å². The van der Waals surface area contributed by atoms with E-state index in [1.807, 2.05) is 13.0 Å². The predicted octanol–water partition coefficient (Wildman–Crippen LogP) is 1.93. The van der Waals surface area contributed by atoms with E-state index >= 15 is 0 Å². The minimum atomic E-state index is -0.907. The molecule has 1 unspecified atom stereocenters. The Kier molecular flexibility index (Phi) is 4.77. The zero-order valence-electron chi connectivity index (χ0n) is 11.7. The van der Waals surface area contributed by atoms with Crippen molar-refractivity contribution in [3.05, 3.63) is 21.4 Å². The standard InChI is InChI=1S/C14H19NO4S/c1-3-10-6-12(20-9(10)2)14(18)15-4-5-19-8-11(15)7-13(16)17/h6,11H,3-5,7-8H2,1-2H3,(H,16,17). The summed E-state index contributed by atoms with van der Waals surface area (Å²) in [5, 5.41) is 8.93. The second-order valence-corrected chi connectivity index (χ2v) is 6.13. The van der Waals surface area contributed by atoms with Gasteiger partial charge in [-0.15, -0.1) is 11.3 Å². The van der Waals surface area contributed by atoms with Crippen LogP contribution < -0.4 is 0 Å². The number of carboxylic acids is 1. The molecule has 2 heterocycles. The van der Waals surface area contributed by atoms with E-state index in [1.54, 1.807) is 4.90 Å². The van der Waals surface area contributed by atoms with Crippen LogP contribution in [0.2, 0.25) is 0 Å². The molecule has 0 radical (unpaired) electrons. The second kappa shape index (κ2) is 6.37. The number of carbonyl (C=O) groups excluding carboxylic acids is 1. The molecule has 1 atom stereocenters. The molecule has 20 heavy (non-hydrogen) atoms. The van der Waals surface area contributed by atoms with Gasteiger partial charge in [-0.05, 0) is 25.0 Å². The molecule has 1 aromatic heterocycles. The smallest absolute Gasteiger partial charge is 0.305 e. The van der Waals surface area contributed by atoms with Crippen LogP contribution in [0.1, 0.15) is 33.5 Å². The second-order valence-electron chi connectivity index (χ2n) is 4.87. The number of thiophene rings is 1. The number of carboxylic acid groups (broad SMARTS) is 1. The number of hydrogen-bond donors (Lipinski definition) is 1. The molecule has 6 heteroatoms. The van der Waals surface area contributed by atoms with Crippen molar-refractivity contribution in [1.29, 1.82) is 0 Å². The highest BCUT2D eigenvalue weighted by Crippen LogP contribution is 2.25. The van der Waals surface area contributed by atoms with E-state index in [9.17, 15) is 9.59 Å². The Morgan fingerprint density at radius 1 is 1.55 bits per heavy atom. The van der Waals surface area contributed by atoms with E-state index in [-0.39, 0.29) is 18.4 Å². The van der Waals surface area contributed by atoms with Crippen LogP contribution in [0.15, 0.2) is 6.07 Å². The van der Waals surface area contributed by atoms with Gasteiger partial charge in [0, 0.05) is 11.4 Å². The summed E-state index contributed by atoms with van der Waals surface area (Å²) in [6, 6.07) is 1.55. The summed E-state index contributed by atoms with van der Waals surface area (Å²) in [4.78, 5) is 26.9. The maximum Gasteiger partial charge on any atom is 0.305 e. The van der Waals surface area contributed by atoms with Gasteiger partial charge >= 0.3 is 5.97 Å². The average molecular weight is 297 g/mol. The van der Waals surface area contributed by atoms with Gasteiger partial charge in [0.2, 0.25) is 0 Å². The molecule has 2 rings (SSSR count). The third-order valence-electron chi connectivity index (χ3n) is 3.51. The van der Waals surface area contributed by atoms with Gasteiger partial charge in [0.05, 0.1) is 30.6 Å². The number of nitrogens with zero attached hydrogens (tertiary/aromatic N) is 1. The van der Waals surface area contributed by atoms with E-state index in [0.29, 0.717) is 24.6 Å². The lowest BCUT2D eigenvalue weighted by molar-refractivity contribution is -0.139. The Labute approximate surface area is 122 Å². The largest absolute Gasteiger partial charge is 0.481 e. The Morgan fingerprint density at radius 2 is 2.30 bits per heavy atom. The van der Waals surface area contributed by atoms with Crippen molar-refractivity contribution in [1.82, 2.24) is 4.90 Å². The zero-order chi connectivity index (χ0) is 14.7. The molecule has 1 saturated heterocycles. The molecule has 0 spiro atoms. The summed E-state index contributed by atoms with van der Waals surface area (Å²) in [7, 11) is 0. The lowest BCUT2D eigenvalue weighted by Crippen LogP contribution is -2.49. The van der Waals surface area contributed by atoms with Crippen molar-refractivity contribution in [3.8, 4) is 0 Å². The van der Waals surface area contributed by atoms with Gasteiger partial charge < -0.3 is 14.7 Å². The highest BCUT2D eigenvalue weighted by Gasteiger charge is 2.30. The van der Waals surface area contributed by atoms with Crippen LogP contribution in [-0.2, 0) is 16.0 Å². The molecule has 0 aliphatic carbocycles. The van der Waals surface area contributed by atoms with Crippen molar-refractivity contribution in [2.45, 2.75) is 32.7 Å². The first-order valence-corrected chi connectivity index (χ1v) is 7.54. The topological polar surface area (TPSA) is 66.8 Å². The van der Waals surface area contributed by atoms with Gasteiger partial charge in [0.25, 0.3) is 5.91 Å². The quantitative estimate of drug-likeness (QED) is 0.922. The number of morpholine rings is 1. The van der Waals surface area contributed by atoms with Crippen molar-refractivity contribution in [2.75, 3.05) is 19.8 Å². The molecule has 1 fully saturated rings. The fourth-order valence-corrected chi connectivity index (χ4v) is 3.48. The molecule has 1 N–H and O–H groups in total.